The minimum Gasteiger partial charge on any atom is -0.355 e. The Morgan fingerprint density at radius 3 is 2.19 bits per heavy atom. The van der Waals surface area contributed by atoms with Gasteiger partial charge in [0.15, 0.2) is 0 Å². The average Bonchev–Trinajstić information content (AvgIpc) is 2.62. The van der Waals surface area contributed by atoms with E-state index in [-0.39, 0.29) is 5.41 Å². The maximum Gasteiger partial charge on any atom is 0.0313 e. The monoisotopic (exact) mass is 368 g/mol. The fourth-order valence-corrected chi connectivity index (χ4v) is 2.23. The molecule has 0 saturated carbocycles. The molecule has 0 bridgehead atoms. The second-order valence-electron chi connectivity index (χ2n) is 7.93. The minimum atomic E-state index is 0.270. The van der Waals surface area contributed by atoms with Gasteiger partial charge in [-0.2, -0.15) is 0 Å². The maximum atomic E-state index is 4.08. The number of aryl methyl sites for hydroxylation is 2. The van der Waals surface area contributed by atoms with E-state index >= 15 is 0 Å². The van der Waals surface area contributed by atoms with Gasteiger partial charge >= 0.3 is 0 Å². The molecule has 0 aromatic heterocycles. The van der Waals surface area contributed by atoms with Crippen LogP contribution in [0, 0.1) is 12.3 Å². The van der Waals surface area contributed by atoms with Crippen LogP contribution in [0.5, 0.6) is 0 Å². The fourth-order valence-electron chi connectivity index (χ4n) is 2.23. The Morgan fingerprint density at radius 1 is 1.15 bits per heavy atom. The van der Waals surface area contributed by atoms with Crippen molar-refractivity contribution in [2.75, 3.05) is 13.6 Å². The molecule has 2 heteroatoms. The Hall–Kier alpha value is -2.09. The van der Waals surface area contributed by atoms with Crippen molar-refractivity contribution in [1.82, 2.24) is 4.90 Å². The van der Waals surface area contributed by atoms with Gasteiger partial charge in [-0.05, 0) is 70.0 Å². The predicted octanol–water partition coefficient (Wildman–Crippen LogP) is 6.98. The Morgan fingerprint density at radius 2 is 1.74 bits per heavy atom. The molecule has 1 rings (SSSR count). The van der Waals surface area contributed by atoms with Gasteiger partial charge < -0.3 is 4.90 Å². The van der Waals surface area contributed by atoms with Gasteiger partial charge in [-0.1, -0.05) is 68.8 Å². The van der Waals surface area contributed by atoms with E-state index < -0.39 is 0 Å². The summed E-state index contributed by atoms with van der Waals surface area (Å²) in [6.45, 7) is 19.8. The molecule has 0 atom stereocenters. The summed E-state index contributed by atoms with van der Waals surface area (Å²) in [6.07, 6.45) is 10.4. The number of hydrogen-bond donors (Lipinski definition) is 0. The third kappa shape index (κ3) is 12.0. The number of aliphatic imine (C=N–C) groups is 1. The summed E-state index contributed by atoms with van der Waals surface area (Å²) < 4.78 is 0. The summed E-state index contributed by atoms with van der Waals surface area (Å²) in [5.41, 5.74) is 5.48. The van der Waals surface area contributed by atoms with E-state index in [4.69, 9.17) is 0 Å². The first-order valence-corrected chi connectivity index (χ1v) is 9.82. The van der Waals surface area contributed by atoms with Crippen LogP contribution in [0.3, 0.4) is 0 Å². The maximum absolute atomic E-state index is 4.08. The number of benzene rings is 1. The van der Waals surface area contributed by atoms with Crippen LogP contribution in [0.1, 0.15) is 59.1 Å². The molecule has 0 fully saturated rings. The van der Waals surface area contributed by atoms with E-state index in [2.05, 4.69) is 87.6 Å². The predicted molar refractivity (Wildman–Crippen MR) is 123 cm³/mol. The lowest BCUT2D eigenvalue weighted by molar-refractivity contribution is 0.489. The van der Waals surface area contributed by atoms with Gasteiger partial charge in [0.25, 0.3) is 0 Å². The molecule has 2 nitrogen and oxygen atoms in total. The summed E-state index contributed by atoms with van der Waals surface area (Å²) in [4.78, 5) is 6.20. The van der Waals surface area contributed by atoms with E-state index in [1.165, 1.54) is 16.7 Å². The molecule has 0 radical (unpaired) electrons. The van der Waals surface area contributed by atoms with Crippen LogP contribution in [-0.4, -0.2) is 24.2 Å². The molecule has 0 aliphatic heterocycles. The summed E-state index contributed by atoms with van der Waals surface area (Å²) in [5, 5.41) is 0. The molecule has 0 saturated heterocycles. The lowest BCUT2D eigenvalue weighted by Crippen LogP contribution is -2.11. The van der Waals surface area contributed by atoms with Gasteiger partial charge in [-0.3, -0.25) is 4.99 Å². The van der Waals surface area contributed by atoms with Crippen LogP contribution in [0.2, 0.25) is 0 Å². The van der Waals surface area contributed by atoms with E-state index in [0.29, 0.717) is 0 Å². The average molecular weight is 369 g/mol. The zero-order chi connectivity index (χ0) is 20.9. The largest absolute Gasteiger partial charge is 0.355 e. The Bertz CT molecular complexity index is 625. The van der Waals surface area contributed by atoms with Gasteiger partial charge in [0, 0.05) is 19.3 Å². The first kappa shape index (κ1) is 24.9. The van der Waals surface area contributed by atoms with Crippen LogP contribution in [0.25, 0.3) is 0 Å². The second kappa shape index (κ2) is 13.1. The molecule has 0 aliphatic rings. The smallest absolute Gasteiger partial charge is 0.0313 e. The highest BCUT2D eigenvalue weighted by atomic mass is 15.1. The summed E-state index contributed by atoms with van der Waals surface area (Å²) in [5.74, 6) is 0. The normalized spacial score (nSPS) is 12.6. The zero-order valence-electron chi connectivity index (χ0n) is 18.8. The van der Waals surface area contributed by atoms with Crippen LogP contribution in [0.15, 0.2) is 66.0 Å². The SMILES string of the molecule is C=CN(/C=C\C)CCCc1ccc(C)cc1.CN=C(C)/C=C(\C)C(C)(C)C. The van der Waals surface area contributed by atoms with E-state index in [9.17, 15) is 0 Å². The van der Waals surface area contributed by atoms with Crippen molar-refractivity contribution in [2.24, 2.45) is 10.4 Å². The highest BCUT2D eigenvalue weighted by Gasteiger charge is 2.11. The third-order valence-electron chi connectivity index (χ3n) is 4.54. The summed E-state index contributed by atoms with van der Waals surface area (Å²) in [6, 6.07) is 8.77. The lowest BCUT2D eigenvalue weighted by Gasteiger charge is -2.19. The quantitative estimate of drug-likeness (QED) is 0.474. The molecule has 0 spiro atoms. The molecule has 1 aromatic rings. The van der Waals surface area contributed by atoms with E-state index in [1.54, 1.807) is 0 Å². The van der Waals surface area contributed by atoms with E-state index in [0.717, 1.165) is 25.1 Å². The molecule has 150 valence electrons. The van der Waals surface area contributed by atoms with Crippen molar-refractivity contribution < 1.29 is 0 Å². The van der Waals surface area contributed by atoms with E-state index in [1.807, 2.05) is 33.2 Å². The fraction of sp³-hybridized carbons (Fsp3) is 0.480. The summed E-state index contributed by atoms with van der Waals surface area (Å²) >= 11 is 0. The van der Waals surface area contributed by atoms with Crippen molar-refractivity contribution >= 4 is 5.71 Å². The number of allylic oxidation sites excluding steroid dienone is 3. The summed E-state index contributed by atoms with van der Waals surface area (Å²) in [7, 11) is 1.82. The molecule has 0 unspecified atom stereocenters. The third-order valence-corrected chi connectivity index (χ3v) is 4.54. The molecular weight excluding hydrogens is 328 g/mol. The number of nitrogens with zero attached hydrogens (tertiary/aromatic N) is 2. The molecule has 0 heterocycles. The first-order valence-electron chi connectivity index (χ1n) is 9.82. The van der Waals surface area contributed by atoms with Crippen LogP contribution in [0.4, 0.5) is 0 Å². The van der Waals surface area contributed by atoms with Crippen LogP contribution in [-0.2, 0) is 6.42 Å². The molecular formula is C25H40N2. The Balaban J connectivity index is 0.000000541. The first-order chi connectivity index (χ1) is 12.6. The highest BCUT2D eigenvalue weighted by Crippen LogP contribution is 2.24. The molecule has 0 N–H and O–H groups in total. The zero-order valence-corrected chi connectivity index (χ0v) is 18.8. The van der Waals surface area contributed by atoms with Gasteiger partial charge in [0.2, 0.25) is 0 Å². The van der Waals surface area contributed by atoms with Crippen molar-refractivity contribution in [3.8, 4) is 0 Å². The molecule has 1 aromatic carbocycles. The van der Waals surface area contributed by atoms with Gasteiger partial charge in [0.05, 0.1) is 0 Å². The van der Waals surface area contributed by atoms with Gasteiger partial charge in [-0.15, -0.1) is 0 Å². The number of hydrogen-bond acceptors (Lipinski definition) is 2. The Labute approximate surface area is 168 Å². The standard InChI is InChI=1S/C15H21N.C10H19N/c1-4-12-16(5-2)13-6-7-15-10-8-14(3)9-11-15;1-8(10(3,4)5)7-9(2)11-6/h4-5,8-12H,2,6-7,13H2,1,3H3;7H,1-6H3/b12-4-;8-7+,11-9?. The number of rotatable bonds is 7. The van der Waals surface area contributed by atoms with Gasteiger partial charge in [-0.25, -0.2) is 0 Å². The van der Waals surface area contributed by atoms with Crippen molar-refractivity contribution in [3.63, 3.8) is 0 Å². The van der Waals surface area contributed by atoms with Crippen molar-refractivity contribution in [3.05, 3.63) is 72.1 Å². The molecule has 0 aliphatic carbocycles. The highest BCUT2D eigenvalue weighted by molar-refractivity contribution is 5.93. The van der Waals surface area contributed by atoms with Crippen molar-refractivity contribution in [1.29, 1.82) is 0 Å². The van der Waals surface area contributed by atoms with Crippen LogP contribution >= 0.6 is 0 Å². The topological polar surface area (TPSA) is 15.6 Å². The van der Waals surface area contributed by atoms with Crippen LogP contribution < -0.4 is 0 Å². The Kier molecular flexibility index (Phi) is 12.1. The molecule has 0 amide bonds. The lowest BCUT2D eigenvalue weighted by atomic mass is 9.87. The molecule has 27 heavy (non-hydrogen) atoms. The minimum absolute atomic E-state index is 0.270. The van der Waals surface area contributed by atoms with Gasteiger partial charge in [0.1, 0.15) is 0 Å². The second-order valence-corrected chi connectivity index (χ2v) is 7.93. The van der Waals surface area contributed by atoms with Crippen molar-refractivity contribution in [2.45, 2.75) is 61.3 Å².